The lowest BCUT2D eigenvalue weighted by Crippen LogP contribution is -3.00. The fourth-order valence-corrected chi connectivity index (χ4v) is 1.87. The van der Waals surface area contributed by atoms with Crippen molar-refractivity contribution >= 4 is 34.2 Å². The van der Waals surface area contributed by atoms with Crippen LogP contribution in [0, 0.1) is 0 Å². The molecule has 0 fully saturated rings. The predicted molar refractivity (Wildman–Crippen MR) is 75.8 cm³/mol. The van der Waals surface area contributed by atoms with Crippen LogP contribution in [0.15, 0.2) is 29.3 Å². The summed E-state index contributed by atoms with van der Waals surface area (Å²) < 4.78 is 0. The molecular formula is C12H17ClIN2S-. The van der Waals surface area contributed by atoms with Gasteiger partial charge in [-0.05, 0) is 39.2 Å². The van der Waals surface area contributed by atoms with Crippen molar-refractivity contribution in [1.29, 1.82) is 0 Å². The summed E-state index contributed by atoms with van der Waals surface area (Å²) in [5, 5.41) is 4.82. The van der Waals surface area contributed by atoms with Gasteiger partial charge in [0.1, 0.15) is 0 Å². The van der Waals surface area contributed by atoms with Gasteiger partial charge in [-0.2, -0.15) is 0 Å². The number of anilines is 1. The molecule has 96 valence electrons. The number of benzene rings is 1. The van der Waals surface area contributed by atoms with E-state index in [2.05, 4.69) is 31.1 Å². The Morgan fingerprint density at radius 3 is 2.35 bits per heavy atom. The molecule has 0 aliphatic carbocycles. The first kappa shape index (κ1) is 17.1. The first-order chi connectivity index (χ1) is 7.42. The van der Waals surface area contributed by atoms with E-state index in [1.165, 1.54) is 0 Å². The van der Waals surface area contributed by atoms with Crippen LogP contribution in [0.4, 0.5) is 5.69 Å². The number of halogens is 2. The second-order valence-corrected chi connectivity index (χ2v) is 5.60. The quantitative estimate of drug-likeness (QED) is 0.449. The molecule has 0 radical (unpaired) electrons. The number of amidine groups is 1. The van der Waals surface area contributed by atoms with Gasteiger partial charge in [-0.1, -0.05) is 35.5 Å². The van der Waals surface area contributed by atoms with Gasteiger partial charge in [-0.15, -0.1) is 0 Å². The number of para-hydroxylation sites is 1. The van der Waals surface area contributed by atoms with E-state index in [-0.39, 0.29) is 29.5 Å². The van der Waals surface area contributed by atoms with Crippen LogP contribution in [0.2, 0.25) is 5.02 Å². The van der Waals surface area contributed by atoms with E-state index in [4.69, 9.17) is 11.6 Å². The topological polar surface area (TPSA) is 24.4 Å². The fourth-order valence-electron chi connectivity index (χ4n) is 1.11. The van der Waals surface area contributed by atoms with Gasteiger partial charge in [0.25, 0.3) is 0 Å². The van der Waals surface area contributed by atoms with E-state index >= 15 is 0 Å². The highest BCUT2D eigenvalue weighted by Crippen LogP contribution is 2.22. The monoisotopic (exact) mass is 383 g/mol. The highest BCUT2D eigenvalue weighted by molar-refractivity contribution is 8.13. The number of nitrogens with zero attached hydrogens (tertiary/aromatic N) is 1. The van der Waals surface area contributed by atoms with Crippen LogP contribution in [0.1, 0.15) is 20.8 Å². The molecule has 17 heavy (non-hydrogen) atoms. The smallest absolute Gasteiger partial charge is 0.161 e. The fraction of sp³-hybridized carbons (Fsp3) is 0.417. The van der Waals surface area contributed by atoms with Crippen molar-refractivity contribution in [3.8, 4) is 0 Å². The minimum absolute atomic E-state index is 0. The summed E-state index contributed by atoms with van der Waals surface area (Å²) in [7, 11) is 0. The average Bonchev–Trinajstić information content (AvgIpc) is 2.18. The van der Waals surface area contributed by atoms with Crippen LogP contribution in [0.3, 0.4) is 0 Å². The van der Waals surface area contributed by atoms with Crippen LogP contribution in [-0.2, 0) is 0 Å². The molecule has 5 heteroatoms. The van der Waals surface area contributed by atoms with Crippen LogP contribution >= 0.6 is 23.4 Å². The first-order valence-corrected chi connectivity index (χ1v) is 6.68. The third kappa shape index (κ3) is 6.52. The molecule has 1 rings (SSSR count). The zero-order chi connectivity index (χ0) is 12.2. The van der Waals surface area contributed by atoms with Crippen LogP contribution in [0.25, 0.3) is 0 Å². The number of aliphatic imine (C=N–C) groups is 1. The van der Waals surface area contributed by atoms with Crippen molar-refractivity contribution in [2.75, 3.05) is 11.6 Å². The molecule has 2 nitrogen and oxygen atoms in total. The number of rotatable bonds is 1. The Hall–Kier alpha value is 0.0600. The summed E-state index contributed by atoms with van der Waals surface area (Å²) >= 11 is 7.65. The lowest BCUT2D eigenvalue weighted by Gasteiger charge is -2.16. The first-order valence-electron chi connectivity index (χ1n) is 5.08. The summed E-state index contributed by atoms with van der Waals surface area (Å²) in [6.45, 7) is 6.20. The van der Waals surface area contributed by atoms with Crippen molar-refractivity contribution < 1.29 is 24.0 Å². The number of hydrogen-bond acceptors (Lipinski definition) is 2. The standard InChI is InChI=1S/C12H17ClN2S.HI/c1-12(2,3)15-11(16-4)14-10-8-6-5-7-9(10)13;/h5-8H,1-4H3,(H,14,15);1H/p-1. The van der Waals surface area contributed by atoms with E-state index in [9.17, 15) is 0 Å². The van der Waals surface area contributed by atoms with E-state index < -0.39 is 0 Å². The Balaban J connectivity index is 0.00000256. The van der Waals surface area contributed by atoms with Crippen molar-refractivity contribution in [1.82, 2.24) is 0 Å². The maximum Gasteiger partial charge on any atom is 0.161 e. The summed E-state index contributed by atoms with van der Waals surface area (Å²) in [6.07, 6.45) is 1.99. The normalized spacial score (nSPS) is 11.9. The molecule has 0 heterocycles. The van der Waals surface area contributed by atoms with Gasteiger partial charge in [-0.25, -0.2) is 0 Å². The molecule has 0 atom stereocenters. The second kappa shape index (κ2) is 7.48. The predicted octanol–water partition coefficient (Wildman–Crippen LogP) is 1.27. The lowest BCUT2D eigenvalue weighted by atomic mass is 10.1. The maximum absolute atomic E-state index is 6.07. The Morgan fingerprint density at radius 1 is 1.29 bits per heavy atom. The molecule has 0 saturated heterocycles. The van der Waals surface area contributed by atoms with E-state index in [1.54, 1.807) is 11.8 Å². The summed E-state index contributed by atoms with van der Waals surface area (Å²) in [5.74, 6) is 0. The summed E-state index contributed by atoms with van der Waals surface area (Å²) in [5.41, 5.74) is 0.800. The highest BCUT2D eigenvalue weighted by Gasteiger charge is 2.10. The highest BCUT2D eigenvalue weighted by atomic mass is 127. The van der Waals surface area contributed by atoms with Crippen molar-refractivity contribution in [3.05, 3.63) is 29.3 Å². The Morgan fingerprint density at radius 2 is 1.88 bits per heavy atom. The Labute approximate surface area is 130 Å². The average molecular weight is 384 g/mol. The molecule has 1 N–H and O–H groups in total. The molecule has 0 aromatic heterocycles. The van der Waals surface area contributed by atoms with Gasteiger partial charge in [0.05, 0.1) is 16.2 Å². The second-order valence-electron chi connectivity index (χ2n) is 4.40. The summed E-state index contributed by atoms with van der Waals surface area (Å²) in [6, 6.07) is 7.66. The van der Waals surface area contributed by atoms with Gasteiger partial charge in [-0.3, -0.25) is 4.99 Å². The molecule has 0 bridgehead atoms. The largest absolute Gasteiger partial charge is 1.00 e. The molecule has 0 unspecified atom stereocenters. The van der Waals surface area contributed by atoms with Crippen LogP contribution in [0.5, 0.6) is 0 Å². The van der Waals surface area contributed by atoms with Gasteiger partial charge < -0.3 is 29.3 Å². The zero-order valence-corrected chi connectivity index (χ0v) is 14.2. The SMILES string of the molecule is CSC(=NC(C)(C)C)Nc1ccccc1Cl.[I-]. The number of hydrogen-bond donors (Lipinski definition) is 1. The molecule has 0 aliphatic rings. The maximum atomic E-state index is 6.07. The third-order valence-corrected chi connectivity index (χ3v) is 2.66. The van der Waals surface area contributed by atoms with Crippen molar-refractivity contribution in [3.63, 3.8) is 0 Å². The van der Waals surface area contributed by atoms with Gasteiger partial charge in [0, 0.05) is 0 Å². The zero-order valence-electron chi connectivity index (χ0n) is 10.4. The van der Waals surface area contributed by atoms with E-state index in [1.807, 2.05) is 30.5 Å². The van der Waals surface area contributed by atoms with E-state index in [0.29, 0.717) is 5.02 Å². The van der Waals surface area contributed by atoms with Crippen LogP contribution in [-0.4, -0.2) is 17.0 Å². The number of thioether (sulfide) groups is 1. The summed E-state index contributed by atoms with van der Waals surface area (Å²) in [4.78, 5) is 4.57. The Kier molecular flexibility index (Phi) is 7.51. The lowest BCUT2D eigenvalue weighted by molar-refractivity contribution is -0.00000389. The number of nitrogens with one attached hydrogen (secondary N) is 1. The van der Waals surface area contributed by atoms with Crippen molar-refractivity contribution in [2.24, 2.45) is 4.99 Å². The molecule has 1 aromatic carbocycles. The molecular weight excluding hydrogens is 367 g/mol. The van der Waals surface area contributed by atoms with Gasteiger partial charge in [0.2, 0.25) is 0 Å². The van der Waals surface area contributed by atoms with E-state index in [0.717, 1.165) is 10.9 Å². The molecule has 0 saturated carbocycles. The molecule has 0 aliphatic heterocycles. The molecule has 0 spiro atoms. The third-order valence-electron chi connectivity index (χ3n) is 1.75. The van der Waals surface area contributed by atoms with Gasteiger partial charge >= 0.3 is 0 Å². The van der Waals surface area contributed by atoms with Gasteiger partial charge in [0.15, 0.2) is 5.17 Å². The van der Waals surface area contributed by atoms with Crippen LogP contribution < -0.4 is 29.3 Å². The minimum Gasteiger partial charge on any atom is -1.00 e. The molecule has 1 aromatic rings. The van der Waals surface area contributed by atoms with Crippen molar-refractivity contribution in [2.45, 2.75) is 26.3 Å². The molecule has 0 amide bonds. The minimum atomic E-state index is -0.0907. The Bertz CT molecular complexity index is 388.